The lowest BCUT2D eigenvalue weighted by Gasteiger charge is -2.09. The maximum absolute atomic E-state index is 12.2. The van der Waals surface area contributed by atoms with Crippen LogP contribution in [0.4, 0.5) is 0 Å². The van der Waals surface area contributed by atoms with Crippen LogP contribution in [0.2, 0.25) is 0 Å². The predicted molar refractivity (Wildman–Crippen MR) is 91.7 cm³/mol. The molecule has 5 nitrogen and oxygen atoms in total. The minimum atomic E-state index is -0.638. The number of carbonyl (C=O) groups is 1. The fraction of sp³-hybridized carbons (Fsp3) is 0.200. The minimum absolute atomic E-state index is 0.0615. The number of para-hydroxylation sites is 1. The molecule has 0 saturated carbocycles. The molecular formula is C20H16O5. The van der Waals surface area contributed by atoms with Gasteiger partial charge in [-0.05, 0) is 54.7 Å². The second-order valence-corrected chi connectivity index (χ2v) is 6.15. The molecule has 1 N–H and O–H groups in total. The largest absolute Gasteiger partial charge is 0.507 e. The molecule has 126 valence electrons. The Hall–Kier alpha value is -3.08. The molecule has 4 rings (SSSR count). The number of phenolic OH excluding ortho intramolecular Hbond substituents is 1. The molecule has 0 amide bonds. The highest BCUT2D eigenvalue weighted by atomic mass is 16.5. The number of esters is 1. The Morgan fingerprint density at radius 2 is 1.88 bits per heavy atom. The zero-order valence-electron chi connectivity index (χ0n) is 13.5. The summed E-state index contributed by atoms with van der Waals surface area (Å²) in [7, 11) is 0. The van der Waals surface area contributed by atoms with Crippen LogP contribution < -0.4 is 5.63 Å². The van der Waals surface area contributed by atoms with Crippen molar-refractivity contribution in [3.63, 3.8) is 0 Å². The number of fused-ring (bicyclic) bond motifs is 2. The van der Waals surface area contributed by atoms with Crippen molar-refractivity contribution in [3.05, 3.63) is 75.1 Å². The van der Waals surface area contributed by atoms with E-state index in [-0.39, 0.29) is 17.9 Å². The fourth-order valence-corrected chi connectivity index (χ4v) is 3.28. The first kappa shape index (κ1) is 15.4. The SMILES string of the molecule is O=C(OCc1cc(=O)oc2cc3c(cc12)CCC3)c1ccccc1O. The second-order valence-electron chi connectivity index (χ2n) is 6.15. The summed E-state index contributed by atoms with van der Waals surface area (Å²) < 4.78 is 10.6. The van der Waals surface area contributed by atoms with Crippen molar-refractivity contribution in [2.45, 2.75) is 25.9 Å². The van der Waals surface area contributed by atoms with Crippen LogP contribution in [0, 0.1) is 0 Å². The average molecular weight is 336 g/mol. The molecule has 0 radical (unpaired) electrons. The van der Waals surface area contributed by atoms with Gasteiger partial charge in [0.1, 0.15) is 23.5 Å². The zero-order valence-corrected chi connectivity index (χ0v) is 13.5. The Labute approximate surface area is 143 Å². The van der Waals surface area contributed by atoms with Crippen LogP contribution in [0.15, 0.2) is 51.7 Å². The van der Waals surface area contributed by atoms with E-state index in [0.717, 1.165) is 24.6 Å². The monoisotopic (exact) mass is 336 g/mol. The lowest BCUT2D eigenvalue weighted by atomic mass is 10.0. The van der Waals surface area contributed by atoms with Gasteiger partial charge in [0.15, 0.2) is 0 Å². The molecule has 25 heavy (non-hydrogen) atoms. The van der Waals surface area contributed by atoms with E-state index in [1.807, 2.05) is 12.1 Å². The molecule has 0 unspecified atom stereocenters. The zero-order chi connectivity index (χ0) is 17.4. The van der Waals surface area contributed by atoms with E-state index in [1.54, 1.807) is 12.1 Å². The summed E-state index contributed by atoms with van der Waals surface area (Å²) in [6, 6.07) is 11.5. The van der Waals surface area contributed by atoms with Gasteiger partial charge >= 0.3 is 11.6 Å². The number of carbonyl (C=O) groups excluding carboxylic acids is 1. The van der Waals surface area contributed by atoms with E-state index in [0.29, 0.717) is 11.1 Å². The number of hydrogen-bond acceptors (Lipinski definition) is 5. The summed E-state index contributed by atoms with van der Waals surface area (Å²) in [4.78, 5) is 24.0. The van der Waals surface area contributed by atoms with E-state index in [4.69, 9.17) is 9.15 Å². The van der Waals surface area contributed by atoms with Gasteiger partial charge in [0, 0.05) is 17.0 Å². The molecule has 0 atom stereocenters. The van der Waals surface area contributed by atoms with E-state index < -0.39 is 11.6 Å². The number of aromatic hydroxyl groups is 1. The van der Waals surface area contributed by atoms with Crippen molar-refractivity contribution < 1.29 is 19.1 Å². The molecule has 2 aromatic carbocycles. The van der Waals surface area contributed by atoms with Gasteiger partial charge in [-0.1, -0.05) is 12.1 Å². The maximum Gasteiger partial charge on any atom is 0.342 e. The average Bonchev–Trinajstić information content (AvgIpc) is 3.05. The van der Waals surface area contributed by atoms with Gasteiger partial charge in [0.25, 0.3) is 0 Å². The molecule has 0 spiro atoms. The number of rotatable bonds is 3. The van der Waals surface area contributed by atoms with Gasteiger partial charge in [0.2, 0.25) is 0 Å². The summed E-state index contributed by atoms with van der Waals surface area (Å²) in [5.74, 6) is -0.775. The third kappa shape index (κ3) is 2.89. The summed E-state index contributed by atoms with van der Waals surface area (Å²) >= 11 is 0. The summed E-state index contributed by atoms with van der Waals surface area (Å²) in [5.41, 5.74) is 3.19. The Balaban J connectivity index is 1.66. The first-order chi connectivity index (χ1) is 12.1. The molecule has 0 aliphatic heterocycles. The van der Waals surface area contributed by atoms with Gasteiger partial charge in [-0.2, -0.15) is 0 Å². The lowest BCUT2D eigenvalue weighted by Crippen LogP contribution is -2.08. The van der Waals surface area contributed by atoms with E-state index >= 15 is 0 Å². The Morgan fingerprint density at radius 3 is 2.68 bits per heavy atom. The van der Waals surface area contributed by atoms with Crippen molar-refractivity contribution in [1.82, 2.24) is 0 Å². The van der Waals surface area contributed by atoms with E-state index in [1.165, 1.54) is 29.3 Å². The Morgan fingerprint density at radius 1 is 1.12 bits per heavy atom. The molecule has 5 heteroatoms. The number of benzene rings is 2. The topological polar surface area (TPSA) is 76.7 Å². The maximum atomic E-state index is 12.2. The van der Waals surface area contributed by atoms with Crippen molar-refractivity contribution >= 4 is 16.9 Å². The molecule has 1 aromatic heterocycles. The van der Waals surface area contributed by atoms with Gasteiger partial charge in [-0.25, -0.2) is 9.59 Å². The standard InChI is InChI=1S/C20H16O5/c21-17-7-2-1-6-15(17)20(23)24-11-14-10-19(22)25-18-9-13-5-3-4-12(13)8-16(14)18/h1-2,6-10,21H,3-5,11H2. The smallest absolute Gasteiger partial charge is 0.342 e. The Bertz CT molecular complexity index is 1030. The quantitative estimate of drug-likeness (QED) is 0.586. The van der Waals surface area contributed by atoms with Crippen molar-refractivity contribution in [3.8, 4) is 5.75 Å². The third-order valence-corrected chi connectivity index (χ3v) is 4.53. The van der Waals surface area contributed by atoms with Crippen LogP contribution in [0.1, 0.15) is 33.5 Å². The molecule has 0 saturated heterocycles. The van der Waals surface area contributed by atoms with Crippen LogP contribution in [0.25, 0.3) is 11.0 Å². The summed E-state index contributed by atoms with van der Waals surface area (Å²) in [6.07, 6.45) is 3.08. The molecule has 1 aliphatic rings. The highest BCUT2D eigenvalue weighted by molar-refractivity contribution is 5.92. The molecule has 1 heterocycles. The normalized spacial score (nSPS) is 13.0. The Kier molecular flexibility index (Phi) is 3.76. The molecule has 0 fully saturated rings. The van der Waals surface area contributed by atoms with Gasteiger partial charge < -0.3 is 14.3 Å². The number of hydrogen-bond donors (Lipinski definition) is 1. The van der Waals surface area contributed by atoms with Crippen molar-refractivity contribution in [2.75, 3.05) is 0 Å². The van der Waals surface area contributed by atoms with Crippen LogP contribution >= 0.6 is 0 Å². The molecule has 3 aromatic rings. The van der Waals surface area contributed by atoms with Crippen LogP contribution in [-0.4, -0.2) is 11.1 Å². The second kappa shape index (κ2) is 6.09. The summed E-state index contributed by atoms with van der Waals surface area (Å²) in [6.45, 7) is -0.0615. The van der Waals surface area contributed by atoms with Gasteiger partial charge in [0.05, 0.1) is 0 Å². The minimum Gasteiger partial charge on any atom is -0.507 e. The van der Waals surface area contributed by atoms with Crippen molar-refractivity contribution in [1.29, 1.82) is 0 Å². The van der Waals surface area contributed by atoms with Crippen LogP contribution in [0.5, 0.6) is 5.75 Å². The summed E-state index contributed by atoms with van der Waals surface area (Å²) in [5, 5.41) is 10.5. The number of aryl methyl sites for hydroxylation is 2. The number of phenols is 1. The third-order valence-electron chi connectivity index (χ3n) is 4.53. The highest BCUT2D eigenvalue weighted by Crippen LogP contribution is 2.29. The van der Waals surface area contributed by atoms with Crippen LogP contribution in [0.3, 0.4) is 0 Å². The highest BCUT2D eigenvalue weighted by Gasteiger charge is 2.17. The van der Waals surface area contributed by atoms with Gasteiger partial charge in [-0.15, -0.1) is 0 Å². The van der Waals surface area contributed by atoms with E-state index in [9.17, 15) is 14.7 Å². The number of ether oxygens (including phenoxy) is 1. The fourth-order valence-electron chi connectivity index (χ4n) is 3.28. The van der Waals surface area contributed by atoms with Crippen molar-refractivity contribution in [2.24, 2.45) is 0 Å². The molecular weight excluding hydrogens is 320 g/mol. The van der Waals surface area contributed by atoms with Gasteiger partial charge in [-0.3, -0.25) is 0 Å². The van der Waals surface area contributed by atoms with E-state index in [2.05, 4.69) is 0 Å². The van der Waals surface area contributed by atoms with Crippen LogP contribution in [-0.2, 0) is 24.2 Å². The first-order valence-corrected chi connectivity index (χ1v) is 8.15. The lowest BCUT2D eigenvalue weighted by molar-refractivity contribution is 0.0470. The molecule has 1 aliphatic carbocycles. The predicted octanol–water partition coefficient (Wildman–Crippen LogP) is 3.34. The molecule has 0 bridgehead atoms. The first-order valence-electron chi connectivity index (χ1n) is 8.15.